The molecule has 4 heteroatoms. The molecule has 1 unspecified atom stereocenters. The van der Waals surface area contributed by atoms with Crippen LogP contribution < -0.4 is 0 Å². The summed E-state index contributed by atoms with van der Waals surface area (Å²) >= 11 is 0. The zero-order valence-electron chi connectivity index (χ0n) is 13.7. The van der Waals surface area contributed by atoms with Gasteiger partial charge in [0.2, 0.25) is 0 Å². The molecule has 24 heavy (non-hydrogen) atoms. The Bertz CT molecular complexity index is 776. The quantitative estimate of drug-likeness (QED) is 0.720. The van der Waals surface area contributed by atoms with Gasteiger partial charge in [0.05, 0.1) is 17.1 Å². The van der Waals surface area contributed by atoms with Gasteiger partial charge in [-0.1, -0.05) is 42.8 Å². The Labute approximate surface area is 148 Å². The third-order valence-corrected chi connectivity index (χ3v) is 4.84. The van der Waals surface area contributed by atoms with Crippen molar-refractivity contribution in [3.63, 3.8) is 0 Å². The van der Waals surface area contributed by atoms with Crippen LogP contribution in [0.3, 0.4) is 0 Å². The Hall–Kier alpha value is -1.68. The lowest BCUT2D eigenvalue weighted by atomic mass is 9.97. The maximum Gasteiger partial charge on any atom is 0.0930 e. The number of hydrogen-bond acceptors (Lipinski definition) is 3. The smallest absolute Gasteiger partial charge is 0.0930 e. The van der Waals surface area contributed by atoms with Crippen LogP contribution in [0.25, 0.3) is 21.8 Å². The highest BCUT2D eigenvalue weighted by Gasteiger charge is 2.20. The fourth-order valence-corrected chi connectivity index (χ4v) is 3.71. The lowest BCUT2D eigenvalue weighted by molar-refractivity contribution is 0.103. The summed E-state index contributed by atoms with van der Waals surface area (Å²) < 4.78 is 0. The fraction of sp³-hybridized carbons (Fsp3) is 0.350. The maximum absolute atomic E-state index is 11.0. The van der Waals surface area contributed by atoms with Crippen molar-refractivity contribution in [2.75, 3.05) is 19.6 Å². The minimum atomic E-state index is -0.481. The van der Waals surface area contributed by atoms with Crippen molar-refractivity contribution in [3.8, 4) is 0 Å². The molecule has 0 radical (unpaired) electrons. The summed E-state index contributed by atoms with van der Waals surface area (Å²) in [4.78, 5) is 7.13. The van der Waals surface area contributed by atoms with Crippen molar-refractivity contribution < 1.29 is 5.11 Å². The second-order valence-corrected chi connectivity index (χ2v) is 6.44. The van der Waals surface area contributed by atoms with E-state index >= 15 is 0 Å². The second-order valence-electron chi connectivity index (χ2n) is 6.44. The van der Waals surface area contributed by atoms with Crippen molar-refractivity contribution in [1.82, 2.24) is 9.88 Å². The first-order chi connectivity index (χ1) is 11.3. The highest BCUT2D eigenvalue weighted by atomic mass is 35.5. The van der Waals surface area contributed by atoms with Crippen molar-refractivity contribution in [2.24, 2.45) is 0 Å². The maximum atomic E-state index is 11.0. The van der Waals surface area contributed by atoms with Crippen molar-refractivity contribution in [3.05, 3.63) is 54.1 Å². The standard InChI is InChI=1S/C20H22N2O.ClH/c23-19(14-22-12-6-1-7-13-22)20-15-8-2-4-10-17(15)21-18-11-5-3-9-16(18)20;/h2-5,8-11,19,23H,1,6-7,12-14H2;1H. The molecule has 1 aliphatic heterocycles. The Morgan fingerprint density at radius 2 is 1.42 bits per heavy atom. The van der Waals surface area contributed by atoms with Gasteiger partial charge in [0.15, 0.2) is 0 Å². The molecular formula is C20H23ClN2O. The van der Waals surface area contributed by atoms with Crippen molar-refractivity contribution in [1.29, 1.82) is 0 Å². The van der Waals surface area contributed by atoms with Gasteiger partial charge in [-0.15, -0.1) is 12.4 Å². The van der Waals surface area contributed by atoms with Crippen LogP contribution in [0.4, 0.5) is 0 Å². The number of benzene rings is 2. The molecule has 1 atom stereocenters. The zero-order valence-corrected chi connectivity index (χ0v) is 14.5. The van der Waals surface area contributed by atoms with E-state index in [0.717, 1.165) is 40.5 Å². The predicted molar refractivity (Wildman–Crippen MR) is 102 cm³/mol. The number of aromatic nitrogens is 1. The van der Waals surface area contributed by atoms with Crippen LogP contribution in [0.5, 0.6) is 0 Å². The molecule has 0 aliphatic carbocycles. The molecule has 1 N–H and O–H groups in total. The molecule has 4 rings (SSSR count). The lowest BCUT2D eigenvalue weighted by Gasteiger charge is -2.29. The second kappa shape index (κ2) is 7.47. The van der Waals surface area contributed by atoms with Gasteiger partial charge in [0.25, 0.3) is 0 Å². The summed E-state index contributed by atoms with van der Waals surface area (Å²) in [5.41, 5.74) is 2.94. The molecule has 1 saturated heterocycles. The van der Waals surface area contributed by atoms with Crippen LogP contribution in [0.2, 0.25) is 0 Å². The van der Waals surface area contributed by atoms with E-state index in [2.05, 4.69) is 17.0 Å². The van der Waals surface area contributed by atoms with Crippen LogP contribution in [-0.2, 0) is 0 Å². The molecule has 1 fully saturated rings. The predicted octanol–water partition coefficient (Wildman–Crippen LogP) is 4.33. The van der Waals surface area contributed by atoms with Crippen molar-refractivity contribution >= 4 is 34.2 Å². The number of aliphatic hydroxyl groups excluding tert-OH is 1. The Morgan fingerprint density at radius 1 is 0.875 bits per heavy atom. The third-order valence-electron chi connectivity index (χ3n) is 4.84. The van der Waals surface area contributed by atoms with E-state index in [1.54, 1.807) is 0 Å². The number of halogens is 1. The molecular weight excluding hydrogens is 320 g/mol. The molecule has 2 heterocycles. The Balaban J connectivity index is 0.00000169. The van der Waals surface area contributed by atoms with E-state index in [1.807, 2.05) is 36.4 Å². The van der Waals surface area contributed by atoms with Crippen LogP contribution in [0.15, 0.2) is 48.5 Å². The third kappa shape index (κ3) is 3.25. The highest BCUT2D eigenvalue weighted by molar-refractivity contribution is 5.97. The van der Waals surface area contributed by atoms with Gasteiger partial charge in [0, 0.05) is 22.9 Å². The van der Waals surface area contributed by atoms with Crippen molar-refractivity contribution in [2.45, 2.75) is 25.4 Å². The molecule has 3 aromatic rings. The van der Waals surface area contributed by atoms with Crippen LogP contribution in [-0.4, -0.2) is 34.6 Å². The molecule has 0 amide bonds. The van der Waals surface area contributed by atoms with Crippen LogP contribution in [0.1, 0.15) is 30.9 Å². The first-order valence-corrected chi connectivity index (χ1v) is 8.51. The minimum Gasteiger partial charge on any atom is -0.387 e. The first kappa shape index (κ1) is 17.2. The largest absolute Gasteiger partial charge is 0.387 e. The summed E-state index contributed by atoms with van der Waals surface area (Å²) in [6.07, 6.45) is 3.31. The minimum absolute atomic E-state index is 0. The van der Waals surface area contributed by atoms with Gasteiger partial charge >= 0.3 is 0 Å². The summed E-state index contributed by atoms with van der Waals surface area (Å²) in [5.74, 6) is 0. The van der Waals surface area contributed by atoms with E-state index in [0.29, 0.717) is 6.54 Å². The topological polar surface area (TPSA) is 36.4 Å². The normalized spacial score (nSPS) is 16.9. The number of pyridine rings is 1. The van der Waals surface area contributed by atoms with E-state index < -0.39 is 6.10 Å². The molecule has 0 saturated carbocycles. The summed E-state index contributed by atoms with van der Waals surface area (Å²) in [6, 6.07) is 16.3. The SMILES string of the molecule is Cl.OC(CN1CCCCC1)c1c2ccccc2nc2ccccc12. The van der Waals surface area contributed by atoms with Gasteiger partial charge in [0.1, 0.15) is 0 Å². The Morgan fingerprint density at radius 3 is 2.00 bits per heavy atom. The number of nitrogens with zero attached hydrogens (tertiary/aromatic N) is 2. The van der Waals surface area contributed by atoms with Gasteiger partial charge in [-0.2, -0.15) is 0 Å². The number of para-hydroxylation sites is 2. The number of β-amino-alcohol motifs (C(OH)–C–C–N with tert-alkyl or cyclic N) is 1. The first-order valence-electron chi connectivity index (χ1n) is 8.51. The number of rotatable bonds is 3. The van der Waals surface area contributed by atoms with Gasteiger partial charge in [-0.05, 0) is 38.1 Å². The molecule has 126 valence electrons. The summed E-state index contributed by atoms with van der Waals surface area (Å²) in [6.45, 7) is 2.90. The van der Waals surface area contributed by atoms with Crippen LogP contribution >= 0.6 is 12.4 Å². The number of aliphatic hydroxyl groups is 1. The van der Waals surface area contributed by atoms with E-state index in [1.165, 1.54) is 19.3 Å². The number of piperidine rings is 1. The highest BCUT2D eigenvalue weighted by Crippen LogP contribution is 2.31. The van der Waals surface area contributed by atoms with E-state index in [9.17, 15) is 5.11 Å². The van der Waals surface area contributed by atoms with Gasteiger partial charge in [-0.25, -0.2) is 4.98 Å². The lowest BCUT2D eigenvalue weighted by Crippen LogP contribution is -2.33. The average Bonchev–Trinajstić information content (AvgIpc) is 2.60. The van der Waals surface area contributed by atoms with Gasteiger partial charge < -0.3 is 10.0 Å². The van der Waals surface area contributed by atoms with Gasteiger partial charge in [-0.3, -0.25) is 0 Å². The van der Waals surface area contributed by atoms with E-state index in [-0.39, 0.29) is 12.4 Å². The Kier molecular flexibility index (Phi) is 5.34. The average molecular weight is 343 g/mol. The van der Waals surface area contributed by atoms with Crippen LogP contribution in [0, 0.1) is 0 Å². The number of hydrogen-bond donors (Lipinski definition) is 1. The zero-order chi connectivity index (χ0) is 15.6. The van der Waals surface area contributed by atoms with E-state index in [4.69, 9.17) is 4.98 Å². The molecule has 3 nitrogen and oxygen atoms in total. The number of fused-ring (bicyclic) bond motifs is 2. The summed E-state index contributed by atoms with van der Waals surface area (Å²) in [5, 5.41) is 13.1. The fourth-order valence-electron chi connectivity index (χ4n) is 3.71. The monoisotopic (exact) mass is 342 g/mol. The number of likely N-dealkylation sites (tertiary alicyclic amines) is 1. The molecule has 0 bridgehead atoms. The molecule has 1 aromatic heterocycles. The molecule has 1 aliphatic rings. The molecule has 2 aromatic carbocycles. The summed E-state index contributed by atoms with van der Waals surface area (Å²) in [7, 11) is 0. The molecule has 0 spiro atoms.